The number of hydrogen-bond acceptors (Lipinski definition) is 5. The van der Waals surface area contributed by atoms with Gasteiger partial charge in [0.15, 0.2) is 6.10 Å². The first kappa shape index (κ1) is 30.5. The summed E-state index contributed by atoms with van der Waals surface area (Å²) in [6, 6.07) is 18.7. The third kappa shape index (κ3) is 9.88. The fourth-order valence-corrected chi connectivity index (χ4v) is 4.42. The number of hydrogen-bond donors (Lipinski definition) is 2. The summed E-state index contributed by atoms with van der Waals surface area (Å²) in [4.78, 5) is 26.0. The molecule has 0 unspecified atom stereocenters. The van der Waals surface area contributed by atoms with Crippen LogP contribution >= 0.6 is 39.1 Å². The fraction of sp³-hybridized carbons (Fsp3) is 0.276. The number of carbonyl (C=O) groups is 2. The second-order valence-corrected chi connectivity index (χ2v) is 10.4. The number of hydrazone groups is 1. The van der Waals surface area contributed by atoms with Gasteiger partial charge < -0.3 is 14.8 Å². The number of amides is 2. The fourth-order valence-electron chi connectivity index (χ4n) is 3.45. The summed E-state index contributed by atoms with van der Waals surface area (Å²) in [6.07, 6.45) is 2.89. The minimum atomic E-state index is -0.923. The molecule has 39 heavy (non-hydrogen) atoms. The maximum Gasteiger partial charge on any atom is 0.262 e. The Hall–Kier alpha value is -3.07. The summed E-state index contributed by atoms with van der Waals surface area (Å²) < 4.78 is 12.2. The van der Waals surface area contributed by atoms with Gasteiger partial charge in [-0.1, -0.05) is 66.9 Å². The Morgan fingerprint density at radius 2 is 1.77 bits per heavy atom. The smallest absolute Gasteiger partial charge is 0.262 e. The molecule has 0 bridgehead atoms. The first-order valence-corrected chi connectivity index (χ1v) is 14.0. The highest BCUT2D eigenvalue weighted by Gasteiger charge is 2.25. The summed E-state index contributed by atoms with van der Waals surface area (Å²) in [7, 11) is 0. The zero-order valence-corrected chi connectivity index (χ0v) is 24.7. The molecule has 206 valence electrons. The molecule has 0 fully saturated rings. The van der Waals surface area contributed by atoms with Crippen molar-refractivity contribution < 1.29 is 19.1 Å². The monoisotopic (exact) mass is 633 g/mol. The summed E-state index contributed by atoms with van der Waals surface area (Å²) >= 11 is 15.6. The molecule has 10 heteroatoms. The Bertz CT molecular complexity index is 1290. The molecule has 2 N–H and O–H groups in total. The van der Waals surface area contributed by atoms with Gasteiger partial charge in [0.1, 0.15) is 17.5 Å². The van der Waals surface area contributed by atoms with Crippen LogP contribution in [0.3, 0.4) is 0 Å². The predicted molar refractivity (Wildman–Crippen MR) is 159 cm³/mol. The van der Waals surface area contributed by atoms with Crippen LogP contribution in [0.1, 0.15) is 37.8 Å². The topological polar surface area (TPSA) is 89.0 Å². The van der Waals surface area contributed by atoms with Gasteiger partial charge in [-0.25, -0.2) is 5.43 Å². The minimum absolute atomic E-state index is 0.262. The van der Waals surface area contributed by atoms with Crippen LogP contribution in [0, 0.1) is 0 Å². The molecule has 0 radical (unpaired) electrons. The Balaban J connectivity index is 1.65. The molecule has 0 aliphatic carbocycles. The first-order chi connectivity index (χ1) is 18.8. The SMILES string of the molecule is CCCCOc1ccc(/C=N\NC(=O)[C@@H](Cc2ccccc2)NC(=O)[C@H](C)Oc2ccc(Cl)cc2Cl)cc1Br. The molecule has 0 aromatic heterocycles. The lowest BCUT2D eigenvalue weighted by atomic mass is 10.1. The van der Waals surface area contributed by atoms with Crippen molar-refractivity contribution in [1.29, 1.82) is 0 Å². The number of carbonyl (C=O) groups excluding carboxylic acids is 2. The van der Waals surface area contributed by atoms with E-state index < -0.39 is 24.0 Å². The van der Waals surface area contributed by atoms with E-state index in [-0.39, 0.29) is 11.4 Å². The van der Waals surface area contributed by atoms with Gasteiger partial charge in [-0.2, -0.15) is 5.10 Å². The second kappa shape index (κ2) is 15.5. The molecule has 3 aromatic carbocycles. The number of nitrogens with one attached hydrogen (secondary N) is 2. The lowest BCUT2D eigenvalue weighted by Crippen LogP contribution is -2.50. The van der Waals surface area contributed by atoms with E-state index in [1.807, 2.05) is 48.5 Å². The number of halogens is 3. The number of rotatable bonds is 13. The number of ether oxygens (including phenoxy) is 2. The maximum absolute atomic E-state index is 13.1. The molecule has 0 saturated heterocycles. The highest BCUT2D eigenvalue weighted by atomic mass is 79.9. The summed E-state index contributed by atoms with van der Waals surface area (Å²) in [5.41, 5.74) is 4.16. The van der Waals surface area contributed by atoms with Crippen LogP contribution in [0.25, 0.3) is 0 Å². The van der Waals surface area contributed by atoms with E-state index in [1.165, 1.54) is 12.3 Å². The van der Waals surface area contributed by atoms with E-state index in [0.717, 1.165) is 34.2 Å². The van der Waals surface area contributed by atoms with Crippen molar-refractivity contribution in [2.45, 2.75) is 45.3 Å². The quantitative estimate of drug-likeness (QED) is 0.126. The Morgan fingerprint density at radius 3 is 2.46 bits per heavy atom. The molecule has 7 nitrogen and oxygen atoms in total. The normalized spacial score (nSPS) is 12.5. The highest BCUT2D eigenvalue weighted by molar-refractivity contribution is 9.10. The van der Waals surface area contributed by atoms with Crippen LogP contribution in [0.5, 0.6) is 11.5 Å². The molecular formula is C29H30BrCl2N3O4. The van der Waals surface area contributed by atoms with E-state index in [2.05, 4.69) is 38.7 Å². The van der Waals surface area contributed by atoms with Crippen molar-refractivity contribution in [3.63, 3.8) is 0 Å². The molecule has 0 saturated carbocycles. The molecule has 2 atom stereocenters. The summed E-state index contributed by atoms with van der Waals surface area (Å²) in [6.45, 7) is 4.32. The molecule has 0 spiro atoms. The van der Waals surface area contributed by atoms with Crippen molar-refractivity contribution in [3.8, 4) is 11.5 Å². The van der Waals surface area contributed by atoms with Crippen molar-refractivity contribution in [2.75, 3.05) is 6.61 Å². The van der Waals surface area contributed by atoms with E-state index in [9.17, 15) is 9.59 Å². The van der Waals surface area contributed by atoms with Gasteiger partial charge in [-0.05, 0) is 76.8 Å². The standard InChI is InChI=1S/C29H30BrCl2N3O4/c1-3-4-14-38-26-12-10-21(15-23(26)30)18-33-35-29(37)25(16-20-8-6-5-7-9-20)34-28(36)19(2)39-27-13-11-22(31)17-24(27)32/h5-13,15,17-19,25H,3-4,14,16H2,1-2H3,(H,34,36)(H,35,37)/b33-18-/t19-,25+/m0/s1. The van der Waals surface area contributed by atoms with Crippen LogP contribution in [0.15, 0.2) is 76.3 Å². The molecule has 3 rings (SSSR count). The minimum Gasteiger partial charge on any atom is -0.492 e. The number of benzene rings is 3. The highest BCUT2D eigenvalue weighted by Crippen LogP contribution is 2.28. The summed E-state index contributed by atoms with van der Waals surface area (Å²) in [5.74, 6) is 0.0965. The van der Waals surface area contributed by atoms with Crippen LogP contribution in [-0.2, 0) is 16.0 Å². The molecule has 2 amide bonds. The predicted octanol–water partition coefficient (Wildman–Crippen LogP) is 6.58. The second-order valence-electron chi connectivity index (χ2n) is 8.71. The Morgan fingerprint density at radius 1 is 1.03 bits per heavy atom. The van der Waals surface area contributed by atoms with E-state index in [4.69, 9.17) is 32.7 Å². The van der Waals surface area contributed by atoms with E-state index in [1.54, 1.807) is 19.1 Å². The van der Waals surface area contributed by atoms with Gasteiger partial charge in [-0.15, -0.1) is 0 Å². The van der Waals surface area contributed by atoms with Crippen molar-refractivity contribution in [2.24, 2.45) is 5.10 Å². The molecule has 0 aliphatic rings. The van der Waals surface area contributed by atoms with E-state index in [0.29, 0.717) is 17.4 Å². The third-order valence-corrected chi connectivity index (χ3v) is 6.73. The lowest BCUT2D eigenvalue weighted by Gasteiger charge is -2.21. The van der Waals surface area contributed by atoms with Gasteiger partial charge in [0.25, 0.3) is 11.8 Å². The molecule has 0 aliphatic heterocycles. The molecular weight excluding hydrogens is 605 g/mol. The number of nitrogens with zero attached hydrogens (tertiary/aromatic N) is 1. The van der Waals surface area contributed by atoms with Gasteiger partial charge in [0, 0.05) is 11.4 Å². The maximum atomic E-state index is 13.1. The van der Waals surface area contributed by atoms with Gasteiger partial charge in [0.2, 0.25) is 0 Å². The van der Waals surface area contributed by atoms with Crippen molar-refractivity contribution in [1.82, 2.24) is 10.7 Å². The lowest BCUT2D eigenvalue weighted by molar-refractivity contribution is -0.132. The van der Waals surface area contributed by atoms with Crippen LogP contribution < -0.4 is 20.2 Å². The number of unbranched alkanes of at least 4 members (excludes halogenated alkanes) is 1. The largest absolute Gasteiger partial charge is 0.492 e. The zero-order chi connectivity index (χ0) is 28.2. The van der Waals surface area contributed by atoms with Crippen LogP contribution in [0.4, 0.5) is 0 Å². The average Bonchev–Trinajstić information content (AvgIpc) is 2.91. The van der Waals surface area contributed by atoms with Crippen molar-refractivity contribution >= 4 is 57.2 Å². The van der Waals surface area contributed by atoms with Crippen LogP contribution in [0.2, 0.25) is 10.0 Å². The third-order valence-electron chi connectivity index (χ3n) is 5.58. The Labute approximate surface area is 247 Å². The Kier molecular flexibility index (Phi) is 12.1. The molecule has 0 heterocycles. The van der Waals surface area contributed by atoms with E-state index >= 15 is 0 Å². The summed E-state index contributed by atoms with van der Waals surface area (Å²) in [5, 5.41) is 7.59. The average molecular weight is 635 g/mol. The van der Waals surface area contributed by atoms with Crippen LogP contribution in [-0.4, -0.2) is 36.8 Å². The zero-order valence-electron chi connectivity index (χ0n) is 21.6. The molecule has 3 aromatic rings. The van der Waals surface area contributed by atoms with Gasteiger partial charge >= 0.3 is 0 Å². The van der Waals surface area contributed by atoms with Crippen molar-refractivity contribution in [3.05, 3.63) is 92.4 Å². The van der Waals surface area contributed by atoms with Gasteiger partial charge in [-0.3, -0.25) is 9.59 Å². The first-order valence-electron chi connectivity index (χ1n) is 12.5. The van der Waals surface area contributed by atoms with Gasteiger partial charge in [0.05, 0.1) is 22.3 Å².